The van der Waals surface area contributed by atoms with Crippen molar-refractivity contribution < 1.29 is 4.79 Å². The molecular weight excluding hydrogens is 126 g/mol. The molecule has 0 aliphatic heterocycles. The van der Waals surface area contributed by atoms with Crippen molar-refractivity contribution >= 4 is 5.91 Å². The molecule has 0 heterocycles. The molecular formula is C8H15NO. The largest absolute Gasteiger partial charge is 0.356 e. The van der Waals surface area contributed by atoms with E-state index in [0.29, 0.717) is 6.42 Å². The van der Waals surface area contributed by atoms with Gasteiger partial charge in [-0.15, -0.1) is 0 Å². The molecule has 0 aliphatic carbocycles. The molecule has 0 radical (unpaired) electrons. The zero-order valence-corrected chi connectivity index (χ0v) is 6.68. The van der Waals surface area contributed by atoms with Crippen molar-refractivity contribution in [2.45, 2.75) is 26.7 Å². The second-order valence-electron chi connectivity index (χ2n) is 2.06. The van der Waals surface area contributed by atoms with Crippen molar-refractivity contribution in [1.82, 2.24) is 5.32 Å². The third-order valence-corrected chi connectivity index (χ3v) is 1.15. The third kappa shape index (κ3) is 5.35. The zero-order valence-electron chi connectivity index (χ0n) is 6.68. The Kier molecular flexibility index (Phi) is 5.83. The summed E-state index contributed by atoms with van der Waals surface area (Å²) in [4.78, 5) is 10.8. The highest BCUT2D eigenvalue weighted by molar-refractivity contribution is 5.75. The van der Waals surface area contributed by atoms with Gasteiger partial charge in [-0.25, -0.2) is 0 Å². The van der Waals surface area contributed by atoms with Gasteiger partial charge < -0.3 is 5.32 Å². The summed E-state index contributed by atoms with van der Waals surface area (Å²) in [5.41, 5.74) is 0. The number of carbonyl (C=O) groups excluding carboxylic acids is 1. The van der Waals surface area contributed by atoms with Crippen LogP contribution in [0.5, 0.6) is 0 Å². The lowest BCUT2D eigenvalue weighted by molar-refractivity contribution is -0.120. The lowest BCUT2D eigenvalue weighted by Gasteiger charge is -1.97. The number of nitrogens with one attached hydrogen (secondary N) is 1. The second-order valence-corrected chi connectivity index (χ2v) is 2.06. The molecule has 0 spiro atoms. The van der Waals surface area contributed by atoms with E-state index in [1.807, 2.05) is 26.0 Å². The molecule has 0 bridgehead atoms. The predicted octanol–water partition coefficient (Wildman–Crippen LogP) is 1.48. The lowest BCUT2D eigenvalue weighted by atomic mass is 10.3. The Balaban J connectivity index is 3.21. The van der Waals surface area contributed by atoms with Crippen LogP contribution in [0.3, 0.4) is 0 Å². The van der Waals surface area contributed by atoms with Gasteiger partial charge in [0, 0.05) is 13.0 Å². The molecule has 0 aromatic rings. The average Bonchev–Trinajstić information content (AvgIpc) is 1.89. The number of rotatable bonds is 4. The predicted molar refractivity (Wildman–Crippen MR) is 42.7 cm³/mol. The molecule has 0 saturated carbocycles. The molecule has 0 aliphatic rings. The first-order chi connectivity index (χ1) is 4.81. The van der Waals surface area contributed by atoms with Gasteiger partial charge >= 0.3 is 0 Å². The normalized spacial score (nSPS) is 10.2. The van der Waals surface area contributed by atoms with Gasteiger partial charge in [0.05, 0.1) is 0 Å². The molecule has 0 unspecified atom stereocenters. The zero-order chi connectivity index (χ0) is 7.82. The number of carbonyl (C=O) groups is 1. The summed E-state index contributed by atoms with van der Waals surface area (Å²) in [5.74, 6) is 0.139. The van der Waals surface area contributed by atoms with E-state index in [4.69, 9.17) is 0 Å². The SMILES string of the molecule is C/C=C/CCC(=O)NCC. The van der Waals surface area contributed by atoms with E-state index in [-0.39, 0.29) is 5.91 Å². The highest BCUT2D eigenvalue weighted by atomic mass is 16.1. The Bertz CT molecular complexity index is 118. The van der Waals surface area contributed by atoms with Crippen molar-refractivity contribution in [1.29, 1.82) is 0 Å². The Morgan fingerprint density at radius 1 is 1.60 bits per heavy atom. The lowest BCUT2D eigenvalue weighted by Crippen LogP contribution is -2.21. The molecule has 0 aromatic heterocycles. The van der Waals surface area contributed by atoms with E-state index in [9.17, 15) is 4.79 Å². The maximum Gasteiger partial charge on any atom is 0.220 e. The van der Waals surface area contributed by atoms with E-state index in [2.05, 4.69) is 5.32 Å². The summed E-state index contributed by atoms with van der Waals surface area (Å²) in [6.45, 7) is 4.61. The summed E-state index contributed by atoms with van der Waals surface area (Å²) in [6.07, 6.45) is 5.41. The van der Waals surface area contributed by atoms with Crippen LogP contribution in [0.1, 0.15) is 26.7 Å². The quantitative estimate of drug-likeness (QED) is 0.590. The minimum absolute atomic E-state index is 0.139. The first kappa shape index (κ1) is 9.21. The standard InChI is InChI=1S/C8H15NO/c1-3-5-6-7-8(10)9-4-2/h3,5H,4,6-7H2,1-2H3,(H,9,10)/b5-3+. The van der Waals surface area contributed by atoms with Crippen LogP contribution in [0.2, 0.25) is 0 Å². The van der Waals surface area contributed by atoms with Gasteiger partial charge in [0.25, 0.3) is 0 Å². The molecule has 2 heteroatoms. The van der Waals surface area contributed by atoms with Crippen molar-refractivity contribution in [3.8, 4) is 0 Å². The van der Waals surface area contributed by atoms with Gasteiger partial charge in [-0.05, 0) is 20.3 Å². The van der Waals surface area contributed by atoms with Crippen LogP contribution in [0, 0.1) is 0 Å². The molecule has 1 amide bonds. The van der Waals surface area contributed by atoms with Crippen LogP contribution in [0.25, 0.3) is 0 Å². The Morgan fingerprint density at radius 2 is 2.30 bits per heavy atom. The monoisotopic (exact) mass is 141 g/mol. The van der Waals surface area contributed by atoms with Crippen LogP contribution in [0.4, 0.5) is 0 Å². The molecule has 0 saturated heterocycles. The van der Waals surface area contributed by atoms with Crippen molar-refractivity contribution in [3.63, 3.8) is 0 Å². The summed E-state index contributed by atoms with van der Waals surface area (Å²) >= 11 is 0. The third-order valence-electron chi connectivity index (χ3n) is 1.15. The summed E-state index contributed by atoms with van der Waals surface area (Å²) in [5, 5.41) is 2.73. The van der Waals surface area contributed by atoms with E-state index >= 15 is 0 Å². The fourth-order valence-electron chi connectivity index (χ4n) is 0.667. The molecule has 0 fully saturated rings. The van der Waals surface area contributed by atoms with Crippen LogP contribution in [-0.4, -0.2) is 12.5 Å². The first-order valence-electron chi connectivity index (χ1n) is 3.69. The summed E-state index contributed by atoms with van der Waals surface area (Å²) in [6, 6.07) is 0. The van der Waals surface area contributed by atoms with E-state index in [0.717, 1.165) is 13.0 Å². The minimum atomic E-state index is 0.139. The molecule has 0 rings (SSSR count). The van der Waals surface area contributed by atoms with E-state index < -0.39 is 0 Å². The molecule has 10 heavy (non-hydrogen) atoms. The van der Waals surface area contributed by atoms with E-state index in [1.165, 1.54) is 0 Å². The van der Waals surface area contributed by atoms with Gasteiger partial charge in [-0.2, -0.15) is 0 Å². The fraction of sp³-hybridized carbons (Fsp3) is 0.625. The molecule has 0 atom stereocenters. The van der Waals surface area contributed by atoms with Gasteiger partial charge in [0.2, 0.25) is 5.91 Å². The number of hydrogen-bond donors (Lipinski definition) is 1. The Labute approximate surface area is 62.3 Å². The highest BCUT2D eigenvalue weighted by Crippen LogP contribution is 1.89. The van der Waals surface area contributed by atoms with Crippen LogP contribution >= 0.6 is 0 Å². The maximum atomic E-state index is 10.8. The number of amides is 1. The fourth-order valence-corrected chi connectivity index (χ4v) is 0.667. The molecule has 2 nitrogen and oxygen atoms in total. The number of hydrogen-bond acceptors (Lipinski definition) is 1. The van der Waals surface area contributed by atoms with Gasteiger partial charge in [-0.3, -0.25) is 4.79 Å². The van der Waals surface area contributed by atoms with Crippen molar-refractivity contribution in [3.05, 3.63) is 12.2 Å². The van der Waals surface area contributed by atoms with Gasteiger partial charge in [-0.1, -0.05) is 12.2 Å². The van der Waals surface area contributed by atoms with Crippen molar-refractivity contribution in [2.24, 2.45) is 0 Å². The molecule has 58 valence electrons. The van der Waals surface area contributed by atoms with Gasteiger partial charge in [0.1, 0.15) is 0 Å². The highest BCUT2D eigenvalue weighted by Gasteiger charge is 1.94. The van der Waals surface area contributed by atoms with Gasteiger partial charge in [0.15, 0.2) is 0 Å². The first-order valence-corrected chi connectivity index (χ1v) is 3.69. The van der Waals surface area contributed by atoms with Crippen molar-refractivity contribution in [2.75, 3.05) is 6.54 Å². The van der Waals surface area contributed by atoms with E-state index in [1.54, 1.807) is 0 Å². The summed E-state index contributed by atoms with van der Waals surface area (Å²) < 4.78 is 0. The average molecular weight is 141 g/mol. The Hall–Kier alpha value is -0.790. The molecule has 0 aromatic carbocycles. The molecule has 1 N–H and O–H groups in total. The smallest absolute Gasteiger partial charge is 0.220 e. The number of allylic oxidation sites excluding steroid dienone is 2. The Morgan fingerprint density at radius 3 is 2.80 bits per heavy atom. The topological polar surface area (TPSA) is 29.1 Å². The van der Waals surface area contributed by atoms with Crippen LogP contribution in [0.15, 0.2) is 12.2 Å². The van der Waals surface area contributed by atoms with Crippen LogP contribution < -0.4 is 5.32 Å². The maximum absolute atomic E-state index is 10.8. The van der Waals surface area contributed by atoms with Crippen LogP contribution in [-0.2, 0) is 4.79 Å². The minimum Gasteiger partial charge on any atom is -0.356 e. The second kappa shape index (κ2) is 6.33. The summed E-state index contributed by atoms with van der Waals surface area (Å²) in [7, 11) is 0.